The van der Waals surface area contributed by atoms with Gasteiger partial charge in [-0.1, -0.05) is 43.7 Å². The van der Waals surface area contributed by atoms with Crippen LogP contribution >= 0.6 is 0 Å². The molecule has 2 heterocycles. The van der Waals surface area contributed by atoms with E-state index in [1.54, 1.807) is 0 Å². The van der Waals surface area contributed by atoms with Crippen molar-refractivity contribution in [1.29, 1.82) is 0 Å². The molecule has 2 aliphatic rings. The van der Waals surface area contributed by atoms with Gasteiger partial charge in [-0.2, -0.15) is 0 Å². The fraction of sp³-hybridized carbons (Fsp3) is 0.364. The first-order valence-corrected chi connectivity index (χ1v) is 9.57. The number of likely N-dealkylation sites (tertiary alicyclic amines) is 1. The Morgan fingerprint density at radius 1 is 0.962 bits per heavy atom. The van der Waals surface area contributed by atoms with Crippen molar-refractivity contribution in [2.75, 3.05) is 24.7 Å². The fourth-order valence-electron chi connectivity index (χ4n) is 3.75. The van der Waals surface area contributed by atoms with Gasteiger partial charge >= 0.3 is 0 Å². The third-order valence-corrected chi connectivity index (χ3v) is 5.27. The molecule has 1 saturated heterocycles. The zero-order valence-corrected chi connectivity index (χ0v) is 15.3. The Morgan fingerprint density at radius 3 is 2.42 bits per heavy atom. The van der Waals surface area contributed by atoms with E-state index in [0.29, 0.717) is 12.4 Å². The molecule has 4 rings (SSSR count). The number of amides is 1. The van der Waals surface area contributed by atoms with Crippen LogP contribution in [-0.2, 0) is 11.2 Å². The Hall–Kier alpha value is -2.46. The average molecular weight is 347 g/mol. The van der Waals surface area contributed by atoms with E-state index in [2.05, 4.69) is 24.0 Å². The van der Waals surface area contributed by atoms with Crippen LogP contribution in [0.4, 0.5) is 11.4 Å². The first-order valence-electron chi connectivity index (χ1n) is 9.57. The summed E-state index contributed by atoms with van der Waals surface area (Å²) in [7, 11) is 0. The summed E-state index contributed by atoms with van der Waals surface area (Å²) in [4.78, 5) is 22.1. The molecule has 0 aromatic heterocycles. The van der Waals surface area contributed by atoms with Crippen LogP contribution in [0.3, 0.4) is 0 Å². The molecule has 0 N–H and O–H groups in total. The van der Waals surface area contributed by atoms with Gasteiger partial charge in [-0.25, -0.2) is 4.99 Å². The number of para-hydroxylation sites is 1. The highest BCUT2D eigenvalue weighted by atomic mass is 16.2. The summed E-state index contributed by atoms with van der Waals surface area (Å²) in [5, 5.41) is 0. The molecule has 2 aliphatic heterocycles. The van der Waals surface area contributed by atoms with Gasteiger partial charge in [0.2, 0.25) is 0 Å². The van der Waals surface area contributed by atoms with Gasteiger partial charge in [-0.3, -0.25) is 14.6 Å². The van der Waals surface area contributed by atoms with Crippen molar-refractivity contribution in [1.82, 2.24) is 4.90 Å². The van der Waals surface area contributed by atoms with Crippen LogP contribution in [0.1, 0.15) is 37.3 Å². The third-order valence-electron chi connectivity index (χ3n) is 5.27. The Morgan fingerprint density at radius 2 is 1.69 bits per heavy atom. The van der Waals surface area contributed by atoms with Crippen LogP contribution in [0.5, 0.6) is 0 Å². The standard InChI is InChI=1S/C22H25N3O/c1-2-17-10-12-18(13-11-17)23-21-19-8-4-5-9-20(19)25(22(21)26)16-24-14-6-3-7-15-24/h4-5,8-13H,2-3,6-7,14-16H2,1H3. The van der Waals surface area contributed by atoms with Crippen molar-refractivity contribution in [3.05, 3.63) is 59.7 Å². The maximum atomic E-state index is 13.1. The van der Waals surface area contributed by atoms with Gasteiger partial charge in [0, 0.05) is 5.56 Å². The van der Waals surface area contributed by atoms with Crippen LogP contribution < -0.4 is 4.90 Å². The lowest BCUT2D eigenvalue weighted by Crippen LogP contribution is -2.43. The van der Waals surface area contributed by atoms with Crippen molar-refractivity contribution in [2.45, 2.75) is 32.6 Å². The number of nitrogens with zero attached hydrogens (tertiary/aromatic N) is 3. The molecule has 0 aliphatic carbocycles. The second-order valence-electron chi connectivity index (χ2n) is 7.05. The van der Waals surface area contributed by atoms with Gasteiger partial charge in [0.1, 0.15) is 5.71 Å². The van der Waals surface area contributed by atoms with Crippen LogP contribution in [0.15, 0.2) is 53.5 Å². The SMILES string of the molecule is CCc1ccc(N=C2C(=O)N(CN3CCCCC3)c3ccccc32)cc1. The summed E-state index contributed by atoms with van der Waals surface area (Å²) in [5.41, 5.74) is 4.59. The van der Waals surface area contributed by atoms with Crippen molar-refractivity contribution in [3.63, 3.8) is 0 Å². The molecule has 4 nitrogen and oxygen atoms in total. The lowest BCUT2D eigenvalue weighted by atomic mass is 10.1. The summed E-state index contributed by atoms with van der Waals surface area (Å²) in [6.07, 6.45) is 4.73. The van der Waals surface area contributed by atoms with Gasteiger partial charge in [-0.05, 0) is 56.1 Å². The highest BCUT2D eigenvalue weighted by molar-refractivity contribution is 6.54. The molecule has 0 bridgehead atoms. The zero-order valence-electron chi connectivity index (χ0n) is 15.3. The first-order chi connectivity index (χ1) is 12.8. The molecule has 0 unspecified atom stereocenters. The summed E-state index contributed by atoms with van der Waals surface area (Å²) >= 11 is 0. The van der Waals surface area contributed by atoms with Gasteiger partial charge in [0.05, 0.1) is 18.0 Å². The number of carbonyl (C=O) groups excluding carboxylic acids is 1. The number of aryl methyl sites for hydroxylation is 1. The minimum atomic E-state index is 0.0105. The predicted molar refractivity (Wildman–Crippen MR) is 106 cm³/mol. The van der Waals surface area contributed by atoms with Crippen molar-refractivity contribution < 1.29 is 4.79 Å². The maximum absolute atomic E-state index is 13.1. The zero-order chi connectivity index (χ0) is 17.9. The van der Waals surface area contributed by atoms with Crippen molar-refractivity contribution >= 4 is 23.0 Å². The van der Waals surface area contributed by atoms with E-state index in [1.807, 2.05) is 41.3 Å². The molecule has 2 aromatic carbocycles. The van der Waals surface area contributed by atoms with Crippen molar-refractivity contribution in [3.8, 4) is 0 Å². The van der Waals surface area contributed by atoms with Crippen molar-refractivity contribution in [2.24, 2.45) is 4.99 Å². The number of aliphatic imine (C=N–C) groups is 1. The molecule has 4 heteroatoms. The molecular formula is C22H25N3O. The lowest BCUT2D eigenvalue weighted by molar-refractivity contribution is -0.112. The van der Waals surface area contributed by atoms with Gasteiger partial charge < -0.3 is 0 Å². The van der Waals surface area contributed by atoms with Crippen LogP contribution in [0, 0.1) is 0 Å². The molecule has 0 radical (unpaired) electrons. The van der Waals surface area contributed by atoms with E-state index in [4.69, 9.17) is 4.99 Å². The molecule has 1 fully saturated rings. The second-order valence-corrected chi connectivity index (χ2v) is 7.05. The van der Waals surface area contributed by atoms with Gasteiger partial charge in [-0.15, -0.1) is 0 Å². The Kier molecular flexibility index (Phi) is 4.85. The molecule has 26 heavy (non-hydrogen) atoms. The number of anilines is 1. The lowest BCUT2D eigenvalue weighted by Gasteiger charge is -2.30. The number of hydrogen-bond acceptors (Lipinski definition) is 3. The van der Waals surface area contributed by atoms with E-state index in [0.717, 1.165) is 36.4 Å². The number of benzene rings is 2. The number of piperidine rings is 1. The predicted octanol–water partition coefficient (Wildman–Crippen LogP) is 4.16. The minimum absolute atomic E-state index is 0.0105. The van der Waals surface area contributed by atoms with E-state index in [-0.39, 0.29) is 5.91 Å². The third kappa shape index (κ3) is 3.29. The summed E-state index contributed by atoms with van der Waals surface area (Å²) in [5.74, 6) is 0.0105. The highest BCUT2D eigenvalue weighted by Gasteiger charge is 2.34. The summed E-state index contributed by atoms with van der Waals surface area (Å²) < 4.78 is 0. The largest absolute Gasteiger partial charge is 0.293 e. The maximum Gasteiger partial charge on any atom is 0.278 e. The van der Waals surface area contributed by atoms with E-state index in [9.17, 15) is 4.79 Å². The van der Waals surface area contributed by atoms with Gasteiger partial charge in [0.25, 0.3) is 5.91 Å². The molecule has 0 atom stereocenters. The normalized spacial score (nSPS) is 19.2. The van der Waals surface area contributed by atoms with E-state index >= 15 is 0 Å². The number of fused-ring (bicyclic) bond motifs is 1. The molecule has 2 aromatic rings. The second kappa shape index (κ2) is 7.42. The Balaban J connectivity index is 1.65. The van der Waals surface area contributed by atoms with Gasteiger partial charge in [0.15, 0.2) is 0 Å². The highest BCUT2D eigenvalue weighted by Crippen LogP contribution is 2.31. The molecule has 1 amide bonds. The fourth-order valence-corrected chi connectivity index (χ4v) is 3.75. The van der Waals surface area contributed by atoms with Crippen LogP contribution in [-0.4, -0.2) is 36.3 Å². The molecule has 134 valence electrons. The Labute approximate surface area is 155 Å². The van der Waals surface area contributed by atoms with E-state index < -0.39 is 0 Å². The van der Waals surface area contributed by atoms with Crippen LogP contribution in [0.2, 0.25) is 0 Å². The molecule has 0 saturated carbocycles. The quantitative estimate of drug-likeness (QED) is 0.832. The summed E-state index contributed by atoms with van der Waals surface area (Å²) in [6, 6.07) is 16.2. The Bertz CT molecular complexity index is 820. The smallest absolute Gasteiger partial charge is 0.278 e. The van der Waals surface area contributed by atoms with E-state index in [1.165, 1.54) is 24.8 Å². The number of rotatable bonds is 4. The monoisotopic (exact) mass is 347 g/mol. The summed E-state index contributed by atoms with van der Waals surface area (Å²) in [6.45, 7) is 4.92. The number of hydrogen-bond donors (Lipinski definition) is 0. The molecular weight excluding hydrogens is 322 g/mol. The first kappa shape index (κ1) is 17.0. The minimum Gasteiger partial charge on any atom is -0.293 e. The topological polar surface area (TPSA) is 35.9 Å². The van der Waals surface area contributed by atoms with Crippen LogP contribution in [0.25, 0.3) is 0 Å². The molecule has 0 spiro atoms. The number of carbonyl (C=O) groups is 1. The average Bonchev–Trinajstić information content (AvgIpc) is 2.95.